The lowest BCUT2D eigenvalue weighted by molar-refractivity contribution is 0.374. The molecule has 0 unspecified atom stereocenters. The molecular formula is C18H16FNO3S. The van der Waals surface area contributed by atoms with Gasteiger partial charge in [-0.25, -0.2) is 9.37 Å². The van der Waals surface area contributed by atoms with Gasteiger partial charge in [-0.3, -0.25) is 0 Å². The molecule has 24 heavy (non-hydrogen) atoms. The summed E-state index contributed by atoms with van der Waals surface area (Å²) < 4.78 is 25.1. The van der Waals surface area contributed by atoms with Gasteiger partial charge in [-0.2, -0.15) is 0 Å². The number of nitrogens with zero attached hydrogens (tertiary/aromatic N) is 1. The fraction of sp³-hybridized carbons (Fsp3) is 0.167. The van der Waals surface area contributed by atoms with E-state index in [1.165, 1.54) is 31.0 Å². The molecule has 1 aromatic heterocycles. The smallest absolute Gasteiger partial charge is 0.165 e. The van der Waals surface area contributed by atoms with Crippen molar-refractivity contribution < 1.29 is 19.0 Å². The van der Waals surface area contributed by atoms with Gasteiger partial charge in [0.25, 0.3) is 0 Å². The Kier molecular flexibility index (Phi) is 4.49. The molecule has 3 rings (SSSR count). The predicted molar refractivity (Wildman–Crippen MR) is 93.0 cm³/mol. The summed E-state index contributed by atoms with van der Waals surface area (Å²) in [5, 5.41) is 11.3. The van der Waals surface area contributed by atoms with Crippen LogP contribution in [-0.2, 0) is 0 Å². The molecule has 0 saturated carbocycles. The summed E-state index contributed by atoms with van der Waals surface area (Å²) in [7, 11) is 1.46. The third-order valence-corrected chi connectivity index (χ3v) is 4.19. The molecule has 4 nitrogen and oxygen atoms in total. The molecule has 1 heterocycles. The Balaban J connectivity index is 2.17. The van der Waals surface area contributed by atoms with Crippen molar-refractivity contribution in [1.29, 1.82) is 0 Å². The number of methoxy groups -OCH3 is 1. The van der Waals surface area contributed by atoms with Crippen LogP contribution in [0.2, 0.25) is 0 Å². The van der Waals surface area contributed by atoms with E-state index in [4.69, 9.17) is 9.47 Å². The maximum Gasteiger partial charge on any atom is 0.165 e. The predicted octanol–water partition coefficient (Wildman–Crippen LogP) is 4.91. The summed E-state index contributed by atoms with van der Waals surface area (Å²) in [6.45, 7) is 1.81. The first-order valence-corrected chi connectivity index (χ1v) is 8.44. The highest BCUT2D eigenvalue weighted by Crippen LogP contribution is 2.38. The maximum atomic E-state index is 14.1. The molecule has 0 aliphatic rings. The zero-order valence-electron chi connectivity index (χ0n) is 13.5. The van der Waals surface area contributed by atoms with Crippen LogP contribution >= 0.6 is 11.8 Å². The molecule has 0 aliphatic carbocycles. The van der Waals surface area contributed by atoms with E-state index in [1.807, 2.05) is 13.2 Å². The lowest BCUT2D eigenvalue weighted by Gasteiger charge is -2.13. The third-order valence-electron chi connectivity index (χ3n) is 3.56. The highest BCUT2D eigenvalue weighted by Gasteiger charge is 2.14. The summed E-state index contributed by atoms with van der Waals surface area (Å²) in [5.41, 5.74) is 1.36. The highest BCUT2D eigenvalue weighted by molar-refractivity contribution is 7.98. The van der Waals surface area contributed by atoms with Gasteiger partial charge in [-0.1, -0.05) is 6.07 Å². The summed E-state index contributed by atoms with van der Waals surface area (Å²) in [6, 6.07) is 9.66. The van der Waals surface area contributed by atoms with Crippen molar-refractivity contribution in [2.45, 2.75) is 11.9 Å². The van der Waals surface area contributed by atoms with Crippen LogP contribution in [0.5, 0.6) is 23.0 Å². The summed E-state index contributed by atoms with van der Waals surface area (Å²) in [4.78, 5) is 4.44. The lowest BCUT2D eigenvalue weighted by atomic mass is 10.1. The number of fused-ring (bicyclic) bond motifs is 1. The van der Waals surface area contributed by atoms with Gasteiger partial charge in [0, 0.05) is 17.5 Å². The molecule has 0 atom stereocenters. The first-order valence-electron chi connectivity index (χ1n) is 7.21. The molecular weight excluding hydrogens is 329 g/mol. The first-order chi connectivity index (χ1) is 11.5. The average Bonchev–Trinajstić information content (AvgIpc) is 2.56. The molecule has 0 saturated heterocycles. The quantitative estimate of drug-likeness (QED) is 0.681. The number of rotatable bonds is 4. The Hall–Kier alpha value is -2.47. The Morgan fingerprint density at radius 3 is 2.54 bits per heavy atom. The number of pyridine rings is 1. The molecule has 2 aromatic carbocycles. The number of thioether (sulfide) groups is 1. The molecule has 0 spiro atoms. The van der Waals surface area contributed by atoms with Crippen LogP contribution < -0.4 is 9.47 Å². The monoisotopic (exact) mass is 345 g/mol. The third kappa shape index (κ3) is 3.10. The van der Waals surface area contributed by atoms with Crippen molar-refractivity contribution in [2.24, 2.45) is 0 Å². The second-order valence-electron chi connectivity index (χ2n) is 5.24. The van der Waals surface area contributed by atoms with E-state index in [0.717, 1.165) is 5.56 Å². The lowest BCUT2D eigenvalue weighted by Crippen LogP contribution is -1.94. The van der Waals surface area contributed by atoms with E-state index < -0.39 is 5.82 Å². The second-order valence-corrected chi connectivity index (χ2v) is 6.07. The van der Waals surface area contributed by atoms with Gasteiger partial charge in [0.2, 0.25) is 0 Å². The Bertz CT molecular complexity index is 914. The van der Waals surface area contributed by atoms with Crippen LogP contribution in [0, 0.1) is 12.7 Å². The van der Waals surface area contributed by atoms with E-state index in [9.17, 15) is 9.50 Å². The molecule has 0 fully saturated rings. The Morgan fingerprint density at radius 2 is 1.88 bits per heavy atom. The van der Waals surface area contributed by atoms with E-state index in [0.29, 0.717) is 27.4 Å². The summed E-state index contributed by atoms with van der Waals surface area (Å²) in [6.07, 6.45) is 1.88. The SMILES string of the molecule is COc1cc2c(Oc3ccc(C)cc3F)cc(SC)nc2cc1O. The van der Waals surface area contributed by atoms with E-state index >= 15 is 0 Å². The van der Waals surface area contributed by atoms with Gasteiger partial charge in [0.1, 0.15) is 10.8 Å². The minimum Gasteiger partial charge on any atom is -0.504 e. The minimum atomic E-state index is -0.434. The topological polar surface area (TPSA) is 51.6 Å². The Labute approximate surface area is 143 Å². The number of hydrogen-bond acceptors (Lipinski definition) is 5. The zero-order chi connectivity index (χ0) is 17.3. The largest absolute Gasteiger partial charge is 0.504 e. The van der Waals surface area contributed by atoms with Crippen LogP contribution in [0.3, 0.4) is 0 Å². The van der Waals surface area contributed by atoms with Crippen molar-refractivity contribution in [3.63, 3.8) is 0 Å². The number of ether oxygens (including phenoxy) is 2. The van der Waals surface area contributed by atoms with Gasteiger partial charge in [0.15, 0.2) is 23.1 Å². The molecule has 6 heteroatoms. The van der Waals surface area contributed by atoms with Gasteiger partial charge in [-0.05, 0) is 36.9 Å². The van der Waals surface area contributed by atoms with Crippen LogP contribution in [-0.4, -0.2) is 23.5 Å². The van der Waals surface area contributed by atoms with Crippen LogP contribution in [0.1, 0.15) is 5.56 Å². The molecule has 3 aromatic rings. The number of halogens is 1. The number of aromatic nitrogens is 1. The van der Waals surface area contributed by atoms with E-state index in [2.05, 4.69) is 4.98 Å². The number of benzene rings is 2. The fourth-order valence-electron chi connectivity index (χ4n) is 2.35. The Morgan fingerprint density at radius 1 is 1.08 bits per heavy atom. The van der Waals surface area contributed by atoms with Crippen LogP contribution in [0.25, 0.3) is 10.9 Å². The van der Waals surface area contributed by atoms with Crippen molar-refractivity contribution in [1.82, 2.24) is 4.98 Å². The summed E-state index contributed by atoms with van der Waals surface area (Å²) >= 11 is 1.43. The number of phenolic OH excluding ortho intramolecular Hbond substituents is 1. The zero-order valence-corrected chi connectivity index (χ0v) is 14.3. The molecule has 0 radical (unpaired) electrons. The van der Waals surface area contributed by atoms with Crippen molar-refractivity contribution >= 4 is 22.7 Å². The number of aryl methyl sites for hydroxylation is 1. The first kappa shape index (κ1) is 16.4. The van der Waals surface area contributed by atoms with E-state index in [1.54, 1.807) is 24.3 Å². The highest BCUT2D eigenvalue weighted by atomic mass is 32.2. The number of phenols is 1. The molecule has 0 bridgehead atoms. The molecule has 1 N–H and O–H groups in total. The van der Waals surface area contributed by atoms with Gasteiger partial charge >= 0.3 is 0 Å². The van der Waals surface area contributed by atoms with Gasteiger partial charge < -0.3 is 14.6 Å². The van der Waals surface area contributed by atoms with Crippen molar-refractivity contribution in [3.8, 4) is 23.0 Å². The van der Waals surface area contributed by atoms with Gasteiger partial charge in [0.05, 0.1) is 12.6 Å². The van der Waals surface area contributed by atoms with Crippen LogP contribution in [0.4, 0.5) is 4.39 Å². The number of aromatic hydroxyl groups is 1. The minimum absolute atomic E-state index is 0.0109. The molecule has 124 valence electrons. The standard InChI is InChI=1S/C18H16FNO3S/c1-10-4-5-15(12(19)6-10)23-16-9-18(24-3)20-13-8-14(21)17(22-2)7-11(13)16/h4-9,21H,1-3H3. The fourth-order valence-corrected chi connectivity index (χ4v) is 2.76. The number of hydrogen-bond donors (Lipinski definition) is 1. The van der Waals surface area contributed by atoms with Crippen molar-refractivity contribution in [2.75, 3.05) is 13.4 Å². The van der Waals surface area contributed by atoms with E-state index in [-0.39, 0.29) is 11.5 Å². The van der Waals surface area contributed by atoms with Crippen molar-refractivity contribution in [3.05, 3.63) is 47.8 Å². The van der Waals surface area contributed by atoms with Gasteiger partial charge in [-0.15, -0.1) is 11.8 Å². The maximum absolute atomic E-state index is 14.1. The average molecular weight is 345 g/mol. The second kappa shape index (κ2) is 6.57. The molecule has 0 aliphatic heterocycles. The normalized spacial score (nSPS) is 10.8. The summed E-state index contributed by atoms with van der Waals surface area (Å²) in [5.74, 6) is 0.438. The molecule has 0 amide bonds. The van der Waals surface area contributed by atoms with Crippen LogP contribution in [0.15, 0.2) is 41.4 Å².